The molecular formula is C39H62N2O8SSi. The molecule has 1 fully saturated rings. The van der Waals surface area contributed by atoms with Crippen molar-refractivity contribution in [1.82, 2.24) is 9.96 Å². The van der Waals surface area contributed by atoms with Crippen molar-refractivity contribution in [3.05, 3.63) is 71.8 Å². The van der Waals surface area contributed by atoms with Crippen molar-refractivity contribution in [2.24, 2.45) is 10.8 Å². The van der Waals surface area contributed by atoms with Crippen LogP contribution in [0, 0.1) is 10.8 Å². The number of amides is 1. The Balaban J connectivity index is 1.72. The van der Waals surface area contributed by atoms with Crippen LogP contribution >= 0.6 is 0 Å². The van der Waals surface area contributed by atoms with Gasteiger partial charge < -0.3 is 14.0 Å². The molecule has 2 aromatic carbocycles. The molecule has 10 nitrogen and oxygen atoms in total. The third-order valence-corrected chi connectivity index (χ3v) is 16.0. The van der Waals surface area contributed by atoms with Crippen molar-refractivity contribution in [2.75, 3.05) is 32.2 Å². The summed E-state index contributed by atoms with van der Waals surface area (Å²) in [4.78, 5) is 34.7. The largest absolute Gasteiger partial charge is 0.417 e. The van der Waals surface area contributed by atoms with Crippen molar-refractivity contribution in [1.29, 1.82) is 0 Å². The first kappa shape index (κ1) is 42.8. The zero-order chi connectivity index (χ0) is 38.3. The van der Waals surface area contributed by atoms with Crippen LogP contribution < -0.4 is 0 Å². The molecule has 1 aliphatic rings. The Kier molecular flexibility index (Phi) is 14.3. The molecule has 51 heavy (non-hydrogen) atoms. The topological polar surface area (TPSA) is 112 Å². The maximum atomic E-state index is 14.6. The molecular weight excluding hydrogens is 685 g/mol. The highest BCUT2D eigenvalue weighted by atomic mass is 32.2. The normalized spacial score (nSPS) is 19.2. The summed E-state index contributed by atoms with van der Waals surface area (Å²) >= 11 is 0. The summed E-state index contributed by atoms with van der Waals surface area (Å²) in [6.45, 7) is 23.6. The lowest BCUT2D eigenvalue weighted by molar-refractivity contribution is -0.205. The van der Waals surface area contributed by atoms with Crippen LogP contribution in [0.3, 0.4) is 0 Å². The van der Waals surface area contributed by atoms with E-state index in [4.69, 9.17) is 18.2 Å². The summed E-state index contributed by atoms with van der Waals surface area (Å²) in [6.07, 6.45) is 0.963. The molecule has 0 aromatic heterocycles. The first-order valence-corrected chi connectivity index (χ1v) is 22.4. The quantitative estimate of drug-likeness (QED) is 0.0878. The predicted molar refractivity (Wildman–Crippen MR) is 203 cm³/mol. The van der Waals surface area contributed by atoms with Crippen LogP contribution in [0.2, 0.25) is 18.1 Å². The number of hydrogen-bond donors (Lipinski definition) is 0. The minimum absolute atomic E-state index is 0.0207. The van der Waals surface area contributed by atoms with E-state index in [0.717, 1.165) is 16.2 Å². The van der Waals surface area contributed by atoms with E-state index in [0.29, 0.717) is 32.5 Å². The standard InChI is InChI=1S/C39H62N2O8SSi/c1-31(42)49-41-34(29-46-24-25-50(44,45)47-30-38(8,9)22-23-48-51(10,11)37(5,6)7)26-39(35(41)43,36(2,3)4)40(27-32-18-14-12-15-19-32)28-33-20-16-13-17-21-33/h12-21,34H,22-30H2,1-11H3/t34-,39+/m0/s1. The van der Waals surface area contributed by atoms with Gasteiger partial charge >= 0.3 is 5.97 Å². The van der Waals surface area contributed by atoms with Gasteiger partial charge in [0.15, 0.2) is 8.32 Å². The second-order valence-corrected chi connectivity index (χ2v) is 23.7. The molecule has 0 aliphatic carbocycles. The molecule has 0 N–H and O–H groups in total. The molecule has 0 unspecified atom stereocenters. The lowest BCUT2D eigenvalue weighted by Crippen LogP contribution is -2.61. The molecule has 1 aliphatic heterocycles. The summed E-state index contributed by atoms with van der Waals surface area (Å²) in [5.74, 6) is -1.30. The highest BCUT2D eigenvalue weighted by Crippen LogP contribution is 2.48. The third-order valence-electron chi connectivity index (χ3n) is 10.3. The molecule has 0 saturated carbocycles. The van der Waals surface area contributed by atoms with E-state index < -0.39 is 46.8 Å². The molecule has 0 radical (unpaired) electrons. The fourth-order valence-corrected chi connectivity index (χ4v) is 8.08. The summed E-state index contributed by atoms with van der Waals surface area (Å²) in [7, 11) is -5.80. The van der Waals surface area contributed by atoms with Gasteiger partial charge in [0.1, 0.15) is 5.54 Å². The lowest BCUT2D eigenvalue weighted by atomic mass is 9.70. The van der Waals surface area contributed by atoms with Crippen molar-refractivity contribution in [3.8, 4) is 0 Å². The fraction of sp³-hybridized carbons (Fsp3) is 0.641. The molecule has 286 valence electrons. The van der Waals surface area contributed by atoms with Gasteiger partial charge in [0.05, 0.1) is 31.6 Å². The second-order valence-electron chi connectivity index (χ2n) is 17.1. The van der Waals surface area contributed by atoms with E-state index in [1.165, 1.54) is 6.92 Å². The molecule has 0 spiro atoms. The maximum absolute atomic E-state index is 14.6. The Bertz CT molecular complexity index is 1500. The summed E-state index contributed by atoms with van der Waals surface area (Å²) in [6, 6.07) is 19.3. The Morgan fingerprint density at radius 1 is 0.902 bits per heavy atom. The van der Waals surface area contributed by atoms with Crippen LogP contribution in [0.5, 0.6) is 0 Å². The van der Waals surface area contributed by atoms with Gasteiger partial charge in [0, 0.05) is 33.0 Å². The van der Waals surface area contributed by atoms with Crippen LogP contribution in [0.15, 0.2) is 60.7 Å². The summed E-state index contributed by atoms with van der Waals surface area (Å²) in [5.41, 5.74) is -0.00932. The number of carbonyl (C=O) groups is 2. The predicted octanol–water partition coefficient (Wildman–Crippen LogP) is 7.35. The van der Waals surface area contributed by atoms with E-state index in [-0.39, 0.29) is 36.5 Å². The smallest absolute Gasteiger partial charge is 0.329 e. The van der Waals surface area contributed by atoms with Gasteiger partial charge in [0.25, 0.3) is 16.0 Å². The highest BCUT2D eigenvalue weighted by molar-refractivity contribution is 7.86. The second kappa shape index (κ2) is 17.0. The van der Waals surface area contributed by atoms with Gasteiger partial charge in [0.2, 0.25) is 0 Å². The van der Waals surface area contributed by atoms with Crippen molar-refractivity contribution in [3.63, 3.8) is 0 Å². The molecule has 3 rings (SSSR count). The summed E-state index contributed by atoms with van der Waals surface area (Å²) in [5, 5.41) is 1.24. The Morgan fingerprint density at radius 2 is 1.43 bits per heavy atom. The number of hydrogen-bond acceptors (Lipinski definition) is 9. The van der Waals surface area contributed by atoms with Gasteiger partial charge in [-0.15, -0.1) is 0 Å². The zero-order valence-corrected chi connectivity index (χ0v) is 34.6. The number of rotatable bonds is 18. The van der Waals surface area contributed by atoms with E-state index in [9.17, 15) is 18.0 Å². The molecule has 1 saturated heterocycles. The van der Waals surface area contributed by atoms with Gasteiger partial charge in [-0.25, -0.2) is 0 Å². The van der Waals surface area contributed by atoms with Gasteiger partial charge in [-0.3, -0.25) is 18.7 Å². The average Bonchev–Trinajstić information content (AvgIpc) is 3.30. The third kappa shape index (κ3) is 11.7. The van der Waals surface area contributed by atoms with Crippen LogP contribution in [0.25, 0.3) is 0 Å². The molecule has 0 bridgehead atoms. The first-order chi connectivity index (χ1) is 23.5. The highest BCUT2D eigenvalue weighted by Gasteiger charge is 2.62. The van der Waals surface area contributed by atoms with E-state index in [2.05, 4.69) is 38.8 Å². The minimum Gasteiger partial charge on any atom is -0.417 e. The van der Waals surface area contributed by atoms with Crippen molar-refractivity contribution < 1.29 is 36.2 Å². The van der Waals surface area contributed by atoms with Crippen molar-refractivity contribution >= 4 is 30.3 Å². The van der Waals surface area contributed by atoms with Gasteiger partial charge in [-0.1, -0.05) is 116 Å². The Hall–Kier alpha value is -2.61. The fourth-order valence-electron chi connectivity index (χ4n) is 6.10. The number of hydroxylamine groups is 2. The number of ether oxygens (including phenoxy) is 1. The van der Waals surface area contributed by atoms with Gasteiger partial charge in [-0.05, 0) is 46.5 Å². The van der Waals surface area contributed by atoms with E-state index in [1.54, 1.807) is 0 Å². The van der Waals surface area contributed by atoms with E-state index >= 15 is 0 Å². The number of carbonyl (C=O) groups excluding carboxylic acids is 2. The molecule has 2 aromatic rings. The Morgan fingerprint density at radius 3 is 1.90 bits per heavy atom. The van der Waals surface area contributed by atoms with E-state index in [1.807, 2.05) is 95.3 Å². The van der Waals surface area contributed by atoms with Crippen LogP contribution in [0.1, 0.15) is 86.3 Å². The molecule has 1 amide bonds. The van der Waals surface area contributed by atoms with Gasteiger partial charge in [-0.2, -0.15) is 13.5 Å². The minimum atomic E-state index is -3.89. The monoisotopic (exact) mass is 746 g/mol. The molecule has 12 heteroatoms. The first-order valence-electron chi connectivity index (χ1n) is 17.9. The lowest BCUT2D eigenvalue weighted by Gasteiger charge is -2.48. The van der Waals surface area contributed by atoms with Crippen LogP contribution in [0.4, 0.5) is 0 Å². The van der Waals surface area contributed by atoms with Crippen molar-refractivity contribution in [2.45, 2.75) is 118 Å². The SMILES string of the molecule is CC(=O)ON1C(=O)[C@@](N(Cc2ccccc2)Cc2ccccc2)(C(C)(C)C)C[C@H]1COCCS(=O)(=O)OCC(C)(C)CCO[Si](C)(C)C(C)(C)C. The number of benzene rings is 2. The molecule has 2 atom stereocenters. The average molecular weight is 747 g/mol. The zero-order valence-electron chi connectivity index (χ0n) is 32.8. The Labute approximate surface area is 308 Å². The summed E-state index contributed by atoms with van der Waals surface area (Å²) < 4.78 is 43.5. The van der Waals surface area contributed by atoms with Crippen LogP contribution in [-0.4, -0.2) is 82.3 Å². The van der Waals surface area contributed by atoms with Crippen LogP contribution in [-0.2, 0) is 51.0 Å². The molecule has 1 heterocycles. The number of nitrogens with zero attached hydrogens (tertiary/aromatic N) is 2. The maximum Gasteiger partial charge on any atom is 0.329 e.